The van der Waals surface area contributed by atoms with Gasteiger partial charge in [-0.1, -0.05) is 48.5 Å². The van der Waals surface area contributed by atoms with Gasteiger partial charge in [0, 0.05) is 26.1 Å². The van der Waals surface area contributed by atoms with E-state index >= 15 is 0 Å². The summed E-state index contributed by atoms with van der Waals surface area (Å²) in [6, 6.07) is 17.2. The Bertz CT molecular complexity index is 1140. The standard InChI is InChI=1S/C22H21FN6/c23-17-9-5-4-8-16(17)10-12-24-22-25-20-19-18(27-28-20)11-13-29(21(19)26-22)14-15-6-2-1-3-7-15/h1-9H,10-14H2,(H2,24,25,26,27,28). The fourth-order valence-corrected chi connectivity index (χ4v) is 3.78. The number of rotatable bonds is 6. The summed E-state index contributed by atoms with van der Waals surface area (Å²) in [6.45, 7) is 2.19. The SMILES string of the molecule is Fc1ccccc1CCNc1nc2c3c(n[nH]c3n1)CCN2Cc1ccccc1. The summed E-state index contributed by atoms with van der Waals surface area (Å²) in [5.74, 6) is 1.23. The largest absolute Gasteiger partial charge is 0.354 e. The number of halogens is 1. The van der Waals surface area contributed by atoms with Gasteiger partial charge in [0.05, 0.1) is 11.1 Å². The third-order valence-electron chi connectivity index (χ3n) is 5.24. The van der Waals surface area contributed by atoms with Gasteiger partial charge in [-0.05, 0) is 23.6 Å². The van der Waals surface area contributed by atoms with Gasteiger partial charge in [-0.3, -0.25) is 5.10 Å². The Hall–Kier alpha value is -3.48. The molecular formula is C22H21FN6. The van der Waals surface area contributed by atoms with Crippen LogP contribution in [0.4, 0.5) is 16.2 Å². The summed E-state index contributed by atoms with van der Waals surface area (Å²) in [5, 5.41) is 11.7. The first-order chi connectivity index (χ1) is 14.3. The van der Waals surface area contributed by atoms with Crippen molar-refractivity contribution >= 4 is 22.8 Å². The molecule has 29 heavy (non-hydrogen) atoms. The number of aromatic nitrogens is 4. The summed E-state index contributed by atoms with van der Waals surface area (Å²) in [4.78, 5) is 11.6. The smallest absolute Gasteiger partial charge is 0.226 e. The van der Waals surface area contributed by atoms with Gasteiger partial charge in [0.2, 0.25) is 5.95 Å². The average molecular weight is 388 g/mol. The van der Waals surface area contributed by atoms with Gasteiger partial charge in [0.1, 0.15) is 11.6 Å². The van der Waals surface area contributed by atoms with Crippen LogP contribution in [0.5, 0.6) is 0 Å². The van der Waals surface area contributed by atoms with Crippen molar-refractivity contribution in [3.8, 4) is 0 Å². The van der Waals surface area contributed by atoms with Gasteiger partial charge in [-0.15, -0.1) is 0 Å². The first-order valence-corrected chi connectivity index (χ1v) is 9.79. The van der Waals surface area contributed by atoms with E-state index in [2.05, 4.69) is 37.5 Å². The Labute approximate surface area is 167 Å². The van der Waals surface area contributed by atoms with Crippen molar-refractivity contribution in [3.05, 3.63) is 77.2 Å². The van der Waals surface area contributed by atoms with E-state index in [1.807, 2.05) is 24.3 Å². The Morgan fingerprint density at radius 3 is 2.72 bits per heavy atom. The number of hydrogen-bond acceptors (Lipinski definition) is 5. The molecule has 6 nitrogen and oxygen atoms in total. The molecule has 0 bridgehead atoms. The van der Waals surface area contributed by atoms with Crippen LogP contribution in [0.15, 0.2) is 54.6 Å². The third kappa shape index (κ3) is 3.51. The maximum atomic E-state index is 13.8. The zero-order chi connectivity index (χ0) is 19.6. The Balaban J connectivity index is 1.39. The van der Waals surface area contributed by atoms with Crippen LogP contribution >= 0.6 is 0 Å². The van der Waals surface area contributed by atoms with Crippen LogP contribution in [-0.2, 0) is 19.4 Å². The highest BCUT2D eigenvalue weighted by atomic mass is 19.1. The topological polar surface area (TPSA) is 69.7 Å². The monoisotopic (exact) mass is 388 g/mol. The molecule has 0 saturated heterocycles. The molecular weight excluding hydrogens is 367 g/mol. The lowest BCUT2D eigenvalue weighted by molar-refractivity contribution is 0.610. The Morgan fingerprint density at radius 2 is 1.86 bits per heavy atom. The van der Waals surface area contributed by atoms with E-state index in [9.17, 15) is 4.39 Å². The molecule has 7 heteroatoms. The molecule has 146 valence electrons. The van der Waals surface area contributed by atoms with Gasteiger partial charge < -0.3 is 10.2 Å². The third-order valence-corrected chi connectivity index (χ3v) is 5.24. The lowest BCUT2D eigenvalue weighted by atomic mass is 10.1. The van der Waals surface area contributed by atoms with E-state index < -0.39 is 0 Å². The molecule has 2 aromatic heterocycles. The molecule has 2 N–H and O–H groups in total. The van der Waals surface area contributed by atoms with E-state index in [1.165, 1.54) is 11.6 Å². The van der Waals surface area contributed by atoms with Crippen LogP contribution in [0.3, 0.4) is 0 Å². The maximum Gasteiger partial charge on any atom is 0.226 e. The fourth-order valence-electron chi connectivity index (χ4n) is 3.78. The van der Waals surface area contributed by atoms with Gasteiger partial charge in [0.25, 0.3) is 0 Å². The lowest BCUT2D eigenvalue weighted by Crippen LogP contribution is -2.29. The predicted molar refractivity (Wildman–Crippen MR) is 111 cm³/mol. The summed E-state index contributed by atoms with van der Waals surface area (Å²) in [7, 11) is 0. The van der Waals surface area contributed by atoms with Crippen LogP contribution in [0.25, 0.3) is 11.0 Å². The van der Waals surface area contributed by atoms with Crippen LogP contribution < -0.4 is 10.2 Å². The number of anilines is 2. The van der Waals surface area contributed by atoms with E-state index in [0.29, 0.717) is 24.5 Å². The van der Waals surface area contributed by atoms with Gasteiger partial charge in [0.15, 0.2) is 5.65 Å². The quantitative estimate of drug-likeness (QED) is 0.527. The molecule has 0 atom stereocenters. The number of H-pyrrole nitrogens is 1. The zero-order valence-corrected chi connectivity index (χ0v) is 15.9. The molecule has 4 aromatic rings. The summed E-state index contributed by atoms with van der Waals surface area (Å²) >= 11 is 0. The predicted octanol–water partition coefficient (Wildman–Crippen LogP) is 3.71. The second kappa shape index (κ2) is 7.50. The van der Waals surface area contributed by atoms with E-state index in [4.69, 9.17) is 4.98 Å². The van der Waals surface area contributed by atoms with Crippen molar-refractivity contribution in [3.63, 3.8) is 0 Å². The Kier molecular flexibility index (Phi) is 4.56. The summed E-state index contributed by atoms with van der Waals surface area (Å²) in [6.07, 6.45) is 1.43. The number of aromatic amines is 1. The highest BCUT2D eigenvalue weighted by Crippen LogP contribution is 2.32. The first-order valence-electron chi connectivity index (χ1n) is 9.79. The van der Waals surface area contributed by atoms with Crippen LogP contribution in [0.2, 0.25) is 0 Å². The maximum absolute atomic E-state index is 13.8. The number of nitrogens with zero attached hydrogens (tertiary/aromatic N) is 4. The van der Waals surface area contributed by atoms with Gasteiger partial charge in [-0.2, -0.15) is 15.1 Å². The first kappa shape index (κ1) is 17.6. The van der Waals surface area contributed by atoms with E-state index in [1.54, 1.807) is 12.1 Å². The average Bonchev–Trinajstić information content (AvgIpc) is 3.16. The van der Waals surface area contributed by atoms with Crippen molar-refractivity contribution in [1.82, 2.24) is 20.2 Å². The van der Waals surface area contributed by atoms with Crippen molar-refractivity contribution in [2.24, 2.45) is 0 Å². The minimum Gasteiger partial charge on any atom is -0.354 e. The molecule has 0 unspecified atom stereocenters. The number of benzene rings is 2. The molecule has 1 aliphatic heterocycles. The molecule has 0 saturated carbocycles. The summed E-state index contributed by atoms with van der Waals surface area (Å²) < 4.78 is 13.8. The molecule has 5 rings (SSSR count). The normalized spacial score (nSPS) is 13.1. The minimum absolute atomic E-state index is 0.187. The molecule has 0 spiro atoms. The highest BCUT2D eigenvalue weighted by Gasteiger charge is 2.24. The van der Waals surface area contributed by atoms with Crippen LogP contribution in [0, 0.1) is 5.82 Å². The molecule has 0 amide bonds. The molecule has 0 fully saturated rings. The highest BCUT2D eigenvalue weighted by molar-refractivity contribution is 5.91. The van der Waals surface area contributed by atoms with Crippen molar-refractivity contribution in [2.75, 3.05) is 23.3 Å². The minimum atomic E-state index is -0.187. The van der Waals surface area contributed by atoms with Crippen LogP contribution in [-0.4, -0.2) is 33.3 Å². The van der Waals surface area contributed by atoms with Crippen molar-refractivity contribution < 1.29 is 4.39 Å². The van der Waals surface area contributed by atoms with Crippen molar-refractivity contribution in [2.45, 2.75) is 19.4 Å². The fraction of sp³-hybridized carbons (Fsp3) is 0.227. The molecule has 0 aliphatic carbocycles. The molecule has 3 heterocycles. The van der Waals surface area contributed by atoms with E-state index in [0.717, 1.165) is 42.1 Å². The molecule has 2 aromatic carbocycles. The molecule has 1 aliphatic rings. The second-order valence-electron chi connectivity index (χ2n) is 7.19. The van der Waals surface area contributed by atoms with Gasteiger partial charge in [-0.25, -0.2) is 4.39 Å². The van der Waals surface area contributed by atoms with E-state index in [-0.39, 0.29) is 5.82 Å². The molecule has 0 radical (unpaired) electrons. The van der Waals surface area contributed by atoms with Crippen LogP contribution in [0.1, 0.15) is 16.8 Å². The lowest BCUT2D eigenvalue weighted by Gasteiger charge is -2.28. The Morgan fingerprint density at radius 1 is 1.03 bits per heavy atom. The number of nitrogens with one attached hydrogen (secondary N) is 2. The summed E-state index contributed by atoms with van der Waals surface area (Å²) in [5.41, 5.74) is 3.66. The zero-order valence-electron chi connectivity index (χ0n) is 15.9. The second-order valence-corrected chi connectivity index (χ2v) is 7.19. The van der Waals surface area contributed by atoms with Crippen molar-refractivity contribution in [1.29, 1.82) is 0 Å². The van der Waals surface area contributed by atoms with Gasteiger partial charge >= 0.3 is 0 Å². The number of hydrogen-bond donors (Lipinski definition) is 2.